The molecule has 1 fully saturated rings. The van der Waals surface area contributed by atoms with Crippen LogP contribution < -0.4 is 10.6 Å². The minimum atomic E-state index is -0.160. The van der Waals surface area contributed by atoms with Crippen molar-refractivity contribution in [2.75, 3.05) is 13.1 Å². The zero-order valence-electron chi connectivity index (χ0n) is 11.9. The van der Waals surface area contributed by atoms with Gasteiger partial charge in [-0.3, -0.25) is 4.79 Å². The highest BCUT2D eigenvalue weighted by Gasteiger charge is 2.18. The van der Waals surface area contributed by atoms with Crippen molar-refractivity contribution in [3.8, 4) is 5.69 Å². The van der Waals surface area contributed by atoms with Crippen LogP contribution in [0.2, 0.25) is 10.0 Å². The third-order valence-corrected chi connectivity index (χ3v) is 4.36. The van der Waals surface area contributed by atoms with Crippen molar-refractivity contribution in [1.82, 2.24) is 20.4 Å². The Labute approximate surface area is 138 Å². The molecule has 3 rings (SSSR count). The first-order chi connectivity index (χ1) is 10.6. The summed E-state index contributed by atoms with van der Waals surface area (Å²) in [6, 6.07) is 7.07. The predicted molar refractivity (Wildman–Crippen MR) is 86.9 cm³/mol. The maximum absolute atomic E-state index is 12.2. The first kappa shape index (κ1) is 15.3. The van der Waals surface area contributed by atoms with E-state index in [-0.39, 0.29) is 11.9 Å². The summed E-state index contributed by atoms with van der Waals surface area (Å²) in [6.07, 6.45) is 3.79. The highest BCUT2D eigenvalue weighted by Crippen LogP contribution is 2.24. The van der Waals surface area contributed by atoms with Crippen LogP contribution >= 0.6 is 23.2 Å². The number of nitrogens with one attached hydrogen (secondary N) is 2. The van der Waals surface area contributed by atoms with E-state index in [0.29, 0.717) is 15.7 Å². The van der Waals surface area contributed by atoms with E-state index in [9.17, 15) is 4.79 Å². The van der Waals surface area contributed by atoms with Crippen molar-refractivity contribution in [3.63, 3.8) is 0 Å². The van der Waals surface area contributed by atoms with Gasteiger partial charge in [-0.1, -0.05) is 23.2 Å². The Hall–Kier alpha value is -1.56. The number of benzene rings is 1. The van der Waals surface area contributed by atoms with Crippen LogP contribution in [-0.2, 0) is 0 Å². The van der Waals surface area contributed by atoms with Gasteiger partial charge in [0.25, 0.3) is 5.91 Å². The fraction of sp³-hybridized carbons (Fsp3) is 0.333. The zero-order chi connectivity index (χ0) is 15.5. The molecular formula is C15H16Cl2N4O. The fourth-order valence-electron chi connectivity index (χ4n) is 2.45. The standard InChI is InChI=1S/C15H16Cl2N4O/c16-12-4-3-11(8-13(12)17)21-7-5-14(20-21)15(22)19-10-2-1-6-18-9-10/h3-5,7-8,10,18H,1-2,6,9H2,(H,19,22). The summed E-state index contributed by atoms with van der Waals surface area (Å²) < 4.78 is 1.61. The Bertz CT molecular complexity index is 680. The van der Waals surface area contributed by atoms with Gasteiger partial charge in [0.05, 0.1) is 15.7 Å². The van der Waals surface area contributed by atoms with Crippen LogP contribution in [0.3, 0.4) is 0 Å². The monoisotopic (exact) mass is 338 g/mol. The first-order valence-corrected chi connectivity index (χ1v) is 7.92. The van der Waals surface area contributed by atoms with E-state index >= 15 is 0 Å². The molecule has 1 aromatic heterocycles. The Balaban J connectivity index is 1.72. The molecule has 0 aliphatic carbocycles. The summed E-state index contributed by atoms with van der Waals surface area (Å²) in [4.78, 5) is 12.2. The van der Waals surface area contributed by atoms with Gasteiger partial charge in [-0.2, -0.15) is 5.10 Å². The van der Waals surface area contributed by atoms with Crippen LogP contribution in [0.15, 0.2) is 30.5 Å². The number of carbonyl (C=O) groups is 1. The van der Waals surface area contributed by atoms with Crippen LogP contribution in [0, 0.1) is 0 Å². The molecule has 0 spiro atoms. The second-order valence-electron chi connectivity index (χ2n) is 5.26. The summed E-state index contributed by atoms with van der Waals surface area (Å²) >= 11 is 11.9. The van der Waals surface area contributed by atoms with Crippen molar-refractivity contribution in [2.45, 2.75) is 18.9 Å². The van der Waals surface area contributed by atoms with Crippen molar-refractivity contribution in [3.05, 3.63) is 46.2 Å². The normalized spacial score (nSPS) is 18.2. The smallest absolute Gasteiger partial charge is 0.272 e. The average Bonchev–Trinajstić information content (AvgIpc) is 3.01. The third kappa shape index (κ3) is 3.43. The van der Waals surface area contributed by atoms with E-state index < -0.39 is 0 Å². The SMILES string of the molecule is O=C(NC1CCCNC1)c1ccn(-c2ccc(Cl)c(Cl)c2)n1. The summed E-state index contributed by atoms with van der Waals surface area (Å²) in [5, 5.41) is 11.5. The number of halogens is 2. The molecule has 0 saturated carbocycles. The molecule has 2 N–H and O–H groups in total. The Morgan fingerprint density at radius 2 is 2.18 bits per heavy atom. The molecule has 1 aliphatic heterocycles. The van der Waals surface area contributed by atoms with Crippen molar-refractivity contribution >= 4 is 29.1 Å². The van der Waals surface area contributed by atoms with Gasteiger partial charge in [-0.15, -0.1) is 0 Å². The maximum atomic E-state index is 12.2. The van der Waals surface area contributed by atoms with E-state index in [0.717, 1.165) is 31.6 Å². The molecule has 0 radical (unpaired) electrons. The molecule has 1 amide bonds. The molecule has 22 heavy (non-hydrogen) atoms. The van der Waals surface area contributed by atoms with Crippen LogP contribution in [0.25, 0.3) is 5.69 Å². The van der Waals surface area contributed by atoms with Gasteiger partial charge in [-0.05, 0) is 43.7 Å². The van der Waals surface area contributed by atoms with Crippen molar-refractivity contribution < 1.29 is 4.79 Å². The number of nitrogens with zero attached hydrogens (tertiary/aromatic N) is 2. The summed E-state index contributed by atoms with van der Waals surface area (Å²) in [5.41, 5.74) is 1.14. The quantitative estimate of drug-likeness (QED) is 0.904. The Morgan fingerprint density at radius 1 is 1.32 bits per heavy atom. The zero-order valence-corrected chi connectivity index (χ0v) is 13.4. The van der Waals surface area contributed by atoms with Gasteiger partial charge in [0, 0.05) is 18.8 Å². The van der Waals surface area contributed by atoms with E-state index in [1.165, 1.54) is 0 Å². The highest BCUT2D eigenvalue weighted by molar-refractivity contribution is 6.42. The minimum Gasteiger partial charge on any atom is -0.347 e. The molecule has 5 nitrogen and oxygen atoms in total. The second kappa shape index (κ2) is 6.69. The molecule has 1 aromatic carbocycles. The number of amides is 1. The molecule has 0 bridgehead atoms. The van der Waals surface area contributed by atoms with E-state index in [1.807, 2.05) is 0 Å². The van der Waals surface area contributed by atoms with Gasteiger partial charge in [0.2, 0.25) is 0 Å². The Kier molecular flexibility index (Phi) is 4.66. The summed E-state index contributed by atoms with van der Waals surface area (Å²) in [7, 11) is 0. The van der Waals surface area contributed by atoms with Gasteiger partial charge in [0.15, 0.2) is 5.69 Å². The minimum absolute atomic E-state index is 0.160. The molecule has 1 atom stereocenters. The third-order valence-electron chi connectivity index (χ3n) is 3.62. The number of hydrogen-bond donors (Lipinski definition) is 2. The first-order valence-electron chi connectivity index (χ1n) is 7.16. The van der Waals surface area contributed by atoms with Crippen LogP contribution in [0.4, 0.5) is 0 Å². The summed E-state index contributed by atoms with van der Waals surface area (Å²) in [5.74, 6) is -0.160. The van der Waals surface area contributed by atoms with E-state index in [2.05, 4.69) is 15.7 Å². The maximum Gasteiger partial charge on any atom is 0.272 e. The van der Waals surface area contributed by atoms with Crippen LogP contribution in [-0.4, -0.2) is 34.8 Å². The average molecular weight is 339 g/mol. The largest absolute Gasteiger partial charge is 0.347 e. The number of aromatic nitrogens is 2. The summed E-state index contributed by atoms with van der Waals surface area (Å²) in [6.45, 7) is 1.82. The molecular weight excluding hydrogens is 323 g/mol. The molecule has 2 aromatic rings. The number of carbonyl (C=O) groups excluding carboxylic acids is 1. The number of piperidine rings is 1. The molecule has 1 unspecified atom stereocenters. The van der Waals surface area contributed by atoms with Gasteiger partial charge in [0.1, 0.15) is 0 Å². The van der Waals surface area contributed by atoms with Crippen LogP contribution in [0.5, 0.6) is 0 Å². The lowest BCUT2D eigenvalue weighted by Crippen LogP contribution is -2.45. The molecule has 2 heterocycles. The topological polar surface area (TPSA) is 59.0 Å². The van der Waals surface area contributed by atoms with Crippen LogP contribution in [0.1, 0.15) is 23.3 Å². The van der Waals surface area contributed by atoms with E-state index in [1.54, 1.807) is 35.1 Å². The second-order valence-corrected chi connectivity index (χ2v) is 6.08. The lowest BCUT2D eigenvalue weighted by atomic mass is 10.1. The lowest BCUT2D eigenvalue weighted by Gasteiger charge is -2.23. The molecule has 1 saturated heterocycles. The van der Waals surface area contributed by atoms with Gasteiger partial charge >= 0.3 is 0 Å². The van der Waals surface area contributed by atoms with Crippen molar-refractivity contribution in [1.29, 1.82) is 0 Å². The highest BCUT2D eigenvalue weighted by atomic mass is 35.5. The van der Waals surface area contributed by atoms with Crippen molar-refractivity contribution in [2.24, 2.45) is 0 Å². The molecule has 116 valence electrons. The van der Waals surface area contributed by atoms with Gasteiger partial charge in [-0.25, -0.2) is 4.68 Å². The van der Waals surface area contributed by atoms with Gasteiger partial charge < -0.3 is 10.6 Å². The number of hydrogen-bond acceptors (Lipinski definition) is 3. The lowest BCUT2D eigenvalue weighted by molar-refractivity contribution is 0.0925. The molecule has 1 aliphatic rings. The number of rotatable bonds is 3. The molecule has 7 heteroatoms. The predicted octanol–water partition coefficient (Wildman–Crippen LogP) is 2.66. The van der Waals surface area contributed by atoms with E-state index in [4.69, 9.17) is 23.2 Å². The Morgan fingerprint density at radius 3 is 2.91 bits per heavy atom. The fourth-order valence-corrected chi connectivity index (χ4v) is 2.74.